The van der Waals surface area contributed by atoms with Crippen LogP contribution in [-0.2, 0) is 6.42 Å². The fourth-order valence-electron chi connectivity index (χ4n) is 1.76. The standard InChI is InChI=1S/C15H13F2NO2/c1-2-20-13-5-11(8-18-9-13)15(19)6-10-3-4-12(16)7-14(10)17/h3-5,7-9H,2,6H2,1H3. The van der Waals surface area contributed by atoms with Crippen LogP contribution in [0.2, 0.25) is 0 Å². The van der Waals surface area contributed by atoms with Gasteiger partial charge in [0, 0.05) is 24.2 Å². The predicted octanol–water partition coefficient (Wildman–Crippen LogP) is 3.18. The van der Waals surface area contributed by atoms with Gasteiger partial charge in [-0.15, -0.1) is 0 Å². The number of Topliss-reactive ketones (excluding diaryl/α,β-unsaturated/α-hetero) is 1. The number of nitrogens with zero attached hydrogens (tertiary/aromatic N) is 1. The fraction of sp³-hybridized carbons (Fsp3) is 0.200. The van der Waals surface area contributed by atoms with E-state index in [2.05, 4.69) is 4.98 Å². The first-order valence-corrected chi connectivity index (χ1v) is 6.15. The van der Waals surface area contributed by atoms with Crippen molar-refractivity contribution < 1.29 is 18.3 Å². The maximum Gasteiger partial charge on any atom is 0.169 e. The Labute approximate surface area is 115 Å². The molecule has 3 nitrogen and oxygen atoms in total. The minimum atomic E-state index is -0.729. The number of pyridine rings is 1. The van der Waals surface area contributed by atoms with Crippen LogP contribution in [0.4, 0.5) is 8.78 Å². The molecule has 0 spiro atoms. The number of ketones is 1. The molecular weight excluding hydrogens is 264 g/mol. The molecule has 20 heavy (non-hydrogen) atoms. The average molecular weight is 277 g/mol. The van der Waals surface area contributed by atoms with Gasteiger partial charge in [0.2, 0.25) is 0 Å². The van der Waals surface area contributed by atoms with Crippen LogP contribution in [0.3, 0.4) is 0 Å². The van der Waals surface area contributed by atoms with E-state index in [9.17, 15) is 13.6 Å². The summed E-state index contributed by atoms with van der Waals surface area (Å²) in [6.07, 6.45) is 2.74. The lowest BCUT2D eigenvalue weighted by atomic mass is 10.0. The molecule has 0 atom stereocenters. The Balaban J connectivity index is 2.17. The third-order valence-electron chi connectivity index (χ3n) is 2.71. The molecule has 0 bridgehead atoms. The molecule has 2 aromatic rings. The number of benzene rings is 1. The monoisotopic (exact) mass is 277 g/mol. The van der Waals surface area contributed by atoms with Gasteiger partial charge in [-0.3, -0.25) is 9.78 Å². The number of hydrogen-bond acceptors (Lipinski definition) is 3. The lowest BCUT2D eigenvalue weighted by Crippen LogP contribution is -2.06. The van der Waals surface area contributed by atoms with Gasteiger partial charge < -0.3 is 4.74 Å². The van der Waals surface area contributed by atoms with E-state index in [4.69, 9.17) is 4.74 Å². The van der Waals surface area contributed by atoms with E-state index in [1.54, 1.807) is 6.07 Å². The summed E-state index contributed by atoms with van der Waals surface area (Å²) in [7, 11) is 0. The molecule has 0 aliphatic rings. The molecular formula is C15H13F2NO2. The van der Waals surface area contributed by atoms with Gasteiger partial charge in [-0.2, -0.15) is 0 Å². The Bertz CT molecular complexity index is 629. The van der Waals surface area contributed by atoms with Gasteiger partial charge in [0.15, 0.2) is 5.78 Å². The second kappa shape index (κ2) is 6.23. The number of carbonyl (C=O) groups excluding carboxylic acids is 1. The Morgan fingerprint density at radius 3 is 2.75 bits per heavy atom. The zero-order valence-electron chi connectivity index (χ0n) is 10.9. The number of ether oxygens (including phenoxy) is 1. The van der Waals surface area contributed by atoms with Crippen LogP contribution in [0, 0.1) is 11.6 Å². The number of rotatable bonds is 5. The second-order valence-electron chi connectivity index (χ2n) is 4.18. The molecule has 0 unspecified atom stereocenters. The van der Waals surface area contributed by atoms with E-state index in [1.165, 1.54) is 18.5 Å². The first kappa shape index (κ1) is 14.1. The van der Waals surface area contributed by atoms with Crippen LogP contribution >= 0.6 is 0 Å². The highest BCUT2D eigenvalue weighted by atomic mass is 19.1. The Morgan fingerprint density at radius 1 is 1.25 bits per heavy atom. The van der Waals surface area contributed by atoms with E-state index in [1.807, 2.05) is 6.92 Å². The van der Waals surface area contributed by atoms with Crippen molar-refractivity contribution in [1.29, 1.82) is 0 Å². The van der Waals surface area contributed by atoms with E-state index in [0.717, 1.165) is 12.1 Å². The fourth-order valence-corrected chi connectivity index (χ4v) is 1.76. The van der Waals surface area contributed by atoms with E-state index in [-0.39, 0.29) is 17.8 Å². The van der Waals surface area contributed by atoms with Crippen molar-refractivity contribution in [2.24, 2.45) is 0 Å². The summed E-state index contributed by atoms with van der Waals surface area (Å²) in [6, 6.07) is 4.71. The molecule has 1 aromatic carbocycles. The van der Waals surface area contributed by atoms with Crippen LogP contribution in [0.15, 0.2) is 36.7 Å². The molecule has 0 aliphatic heterocycles. The highest BCUT2D eigenvalue weighted by Gasteiger charge is 2.12. The highest BCUT2D eigenvalue weighted by molar-refractivity contribution is 5.97. The van der Waals surface area contributed by atoms with Crippen LogP contribution in [0.25, 0.3) is 0 Å². The molecule has 1 aromatic heterocycles. The SMILES string of the molecule is CCOc1cncc(C(=O)Cc2ccc(F)cc2F)c1. The van der Waals surface area contributed by atoms with Gasteiger partial charge in [-0.1, -0.05) is 6.07 Å². The van der Waals surface area contributed by atoms with E-state index < -0.39 is 11.6 Å². The largest absolute Gasteiger partial charge is 0.492 e. The number of hydrogen-bond donors (Lipinski definition) is 0. The molecule has 0 saturated carbocycles. The third-order valence-corrected chi connectivity index (χ3v) is 2.71. The van der Waals surface area contributed by atoms with Gasteiger partial charge in [-0.05, 0) is 24.6 Å². The van der Waals surface area contributed by atoms with Crippen molar-refractivity contribution in [2.45, 2.75) is 13.3 Å². The average Bonchev–Trinajstić information content (AvgIpc) is 2.42. The summed E-state index contributed by atoms with van der Waals surface area (Å²) in [5, 5.41) is 0. The smallest absolute Gasteiger partial charge is 0.169 e. The predicted molar refractivity (Wildman–Crippen MR) is 69.8 cm³/mol. The van der Waals surface area contributed by atoms with Crippen LogP contribution in [0.1, 0.15) is 22.8 Å². The molecule has 0 N–H and O–H groups in total. The van der Waals surface area contributed by atoms with Crippen LogP contribution in [-0.4, -0.2) is 17.4 Å². The molecule has 104 valence electrons. The number of aromatic nitrogens is 1. The summed E-state index contributed by atoms with van der Waals surface area (Å²) < 4.78 is 31.5. The second-order valence-corrected chi connectivity index (χ2v) is 4.18. The van der Waals surface area contributed by atoms with E-state index >= 15 is 0 Å². The van der Waals surface area contributed by atoms with Crippen LogP contribution in [0.5, 0.6) is 5.75 Å². The van der Waals surface area contributed by atoms with Gasteiger partial charge in [0.25, 0.3) is 0 Å². The van der Waals surface area contributed by atoms with Crippen molar-refractivity contribution in [2.75, 3.05) is 6.61 Å². The zero-order chi connectivity index (χ0) is 14.5. The molecule has 0 fully saturated rings. The highest BCUT2D eigenvalue weighted by Crippen LogP contribution is 2.16. The Hall–Kier alpha value is -2.30. The molecule has 0 radical (unpaired) electrons. The lowest BCUT2D eigenvalue weighted by molar-refractivity contribution is 0.0991. The number of halogens is 2. The zero-order valence-corrected chi connectivity index (χ0v) is 10.9. The quantitative estimate of drug-likeness (QED) is 0.788. The molecule has 2 rings (SSSR count). The molecule has 0 saturated heterocycles. The van der Waals surface area contributed by atoms with E-state index in [0.29, 0.717) is 17.9 Å². The molecule has 0 aliphatic carbocycles. The van der Waals surface area contributed by atoms with Crippen molar-refractivity contribution in [3.8, 4) is 5.75 Å². The van der Waals surface area contributed by atoms with Crippen molar-refractivity contribution in [3.63, 3.8) is 0 Å². The minimum Gasteiger partial charge on any atom is -0.492 e. The summed E-state index contributed by atoms with van der Waals surface area (Å²) in [4.78, 5) is 16.0. The van der Waals surface area contributed by atoms with Crippen molar-refractivity contribution >= 4 is 5.78 Å². The van der Waals surface area contributed by atoms with Crippen molar-refractivity contribution in [1.82, 2.24) is 4.98 Å². The summed E-state index contributed by atoms with van der Waals surface area (Å²) >= 11 is 0. The topological polar surface area (TPSA) is 39.2 Å². The van der Waals surface area contributed by atoms with Crippen LogP contribution < -0.4 is 4.74 Å². The van der Waals surface area contributed by atoms with Gasteiger partial charge in [-0.25, -0.2) is 8.78 Å². The summed E-state index contributed by atoms with van der Waals surface area (Å²) in [5.74, 6) is -1.21. The number of carbonyl (C=O) groups is 1. The molecule has 0 amide bonds. The first-order chi connectivity index (χ1) is 9.60. The lowest BCUT2D eigenvalue weighted by Gasteiger charge is -2.06. The normalized spacial score (nSPS) is 10.3. The van der Waals surface area contributed by atoms with Gasteiger partial charge in [0.05, 0.1) is 12.8 Å². The molecule has 1 heterocycles. The minimum absolute atomic E-state index is 0.149. The van der Waals surface area contributed by atoms with Gasteiger partial charge >= 0.3 is 0 Å². The summed E-state index contributed by atoms with van der Waals surface area (Å²) in [5.41, 5.74) is 0.484. The Morgan fingerprint density at radius 2 is 2.05 bits per heavy atom. The maximum absolute atomic E-state index is 13.5. The maximum atomic E-state index is 13.5. The summed E-state index contributed by atoms with van der Waals surface area (Å²) in [6.45, 7) is 2.29. The third kappa shape index (κ3) is 3.38. The van der Waals surface area contributed by atoms with Gasteiger partial charge in [0.1, 0.15) is 17.4 Å². The first-order valence-electron chi connectivity index (χ1n) is 6.15. The molecule has 5 heteroatoms. The van der Waals surface area contributed by atoms with Crippen molar-refractivity contribution in [3.05, 3.63) is 59.4 Å². The Kier molecular flexibility index (Phi) is 4.40.